The number of aryl methyl sites for hydroxylation is 1. The summed E-state index contributed by atoms with van der Waals surface area (Å²) in [6.45, 7) is 1.58. The zero-order valence-corrected chi connectivity index (χ0v) is 17.1. The van der Waals surface area contributed by atoms with Crippen LogP contribution in [0.5, 0.6) is 11.5 Å². The molecule has 8 nitrogen and oxygen atoms in total. The number of carbonyl (C=O) groups excluding carboxylic acids is 2. The molecule has 1 fully saturated rings. The van der Waals surface area contributed by atoms with Gasteiger partial charge in [0.1, 0.15) is 18.2 Å². The molecule has 28 heavy (non-hydrogen) atoms. The van der Waals surface area contributed by atoms with Gasteiger partial charge in [-0.15, -0.1) is 0 Å². The third-order valence-electron chi connectivity index (χ3n) is 3.85. The molecule has 1 aromatic heterocycles. The second-order valence-corrected chi connectivity index (χ2v) is 7.58. The number of nitrogen functional groups attached to an aromatic ring is 1. The fourth-order valence-electron chi connectivity index (χ4n) is 2.29. The van der Waals surface area contributed by atoms with Gasteiger partial charge in [-0.3, -0.25) is 14.5 Å². The van der Waals surface area contributed by atoms with Crippen molar-refractivity contribution in [1.29, 1.82) is 0 Å². The molecular formula is C17H14BrFN4O4S. The number of aromatic nitrogens is 2. The third kappa shape index (κ3) is 3.80. The van der Waals surface area contributed by atoms with Crippen LogP contribution >= 0.6 is 27.7 Å². The van der Waals surface area contributed by atoms with Crippen molar-refractivity contribution >= 4 is 50.7 Å². The van der Waals surface area contributed by atoms with E-state index >= 15 is 0 Å². The van der Waals surface area contributed by atoms with Gasteiger partial charge in [0.2, 0.25) is 0 Å². The quantitative estimate of drug-likeness (QED) is 0.656. The number of phenols is 1. The van der Waals surface area contributed by atoms with Gasteiger partial charge in [-0.05, 0) is 52.3 Å². The van der Waals surface area contributed by atoms with Gasteiger partial charge in [0.05, 0.1) is 9.38 Å². The first-order valence-corrected chi connectivity index (χ1v) is 9.43. The Morgan fingerprint density at radius 3 is 2.79 bits per heavy atom. The molecular weight excluding hydrogens is 455 g/mol. The van der Waals surface area contributed by atoms with Gasteiger partial charge in [-0.2, -0.15) is 0 Å². The molecule has 1 aliphatic rings. The Labute approximate surface area is 171 Å². The molecule has 2 aromatic rings. The largest absolute Gasteiger partial charge is 0.502 e. The number of carbonyl (C=O) groups is 2. The standard InChI is InChI=1S/C17H14BrFN4O4S/c1-7-21-5-9(15(20)22-7)6-27-10-3-8(12(18)13(19)14(10)24)4-11-16(25)23(2)17(26)28-11/h3-5,24H,6H2,1-2H3,(H2,20,21,22)/b11-4-. The summed E-state index contributed by atoms with van der Waals surface area (Å²) in [7, 11) is 1.35. The molecule has 0 radical (unpaired) electrons. The number of likely N-dealkylation sites (N-methyl/N-ethyl adjacent to an activating group) is 1. The molecule has 1 aromatic carbocycles. The van der Waals surface area contributed by atoms with E-state index in [9.17, 15) is 19.1 Å². The Morgan fingerprint density at radius 1 is 1.46 bits per heavy atom. The number of amides is 2. The smallest absolute Gasteiger partial charge is 0.293 e. The van der Waals surface area contributed by atoms with E-state index < -0.39 is 22.7 Å². The summed E-state index contributed by atoms with van der Waals surface area (Å²) < 4.78 is 19.8. The number of phenolic OH excluding ortho intramolecular Hbond substituents is 1. The number of anilines is 1. The van der Waals surface area contributed by atoms with E-state index in [4.69, 9.17) is 10.5 Å². The van der Waals surface area contributed by atoms with Crippen LogP contribution in [0.1, 0.15) is 17.0 Å². The number of hydrogen-bond donors (Lipinski definition) is 2. The molecule has 2 amide bonds. The molecule has 0 unspecified atom stereocenters. The molecule has 0 aliphatic carbocycles. The Hall–Kier alpha value is -2.66. The molecule has 11 heteroatoms. The number of aromatic hydroxyl groups is 1. The van der Waals surface area contributed by atoms with Crippen LogP contribution in [0.3, 0.4) is 0 Å². The van der Waals surface area contributed by atoms with Crippen molar-refractivity contribution in [3.8, 4) is 11.5 Å². The number of thioether (sulfide) groups is 1. The highest BCUT2D eigenvalue weighted by atomic mass is 79.9. The van der Waals surface area contributed by atoms with Crippen molar-refractivity contribution in [2.75, 3.05) is 12.8 Å². The topological polar surface area (TPSA) is 119 Å². The molecule has 3 rings (SSSR count). The Bertz CT molecular complexity index is 1030. The second-order valence-electron chi connectivity index (χ2n) is 5.80. The fourth-order valence-corrected chi connectivity index (χ4v) is 3.53. The van der Waals surface area contributed by atoms with E-state index in [-0.39, 0.29) is 33.1 Å². The van der Waals surface area contributed by atoms with Crippen molar-refractivity contribution in [3.05, 3.63) is 44.4 Å². The molecule has 0 saturated carbocycles. The number of ether oxygens (including phenoxy) is 1. The highest BCUT2D eigenvalue weighted by Gasteiger charge is 2.32. The minimum absolute atomic E-state index is 0.0709. The van der Waals surface area contributed by atoms with E-state index in [1.807, 2.05) is 0 Å². The van der Waals surface area contributed by atoms with Crippen molar-refractivity contribution in [1.82, 2.24) is 14.9 Å². The van der Waals surface area contributed by atoms with Crippen molar-refractivity contribution < 1.29 is 23.8 Å². The normalized spacial score (nSPS) is 15.6. The van der Waals surface area contributed by atoms with Gasteiger partial charge in [-0.1, -0.05) is 0 Å². The molecule has 0 bridgehead atoms. The van der Waals surface area contributed by atoms with Gasteiger partial charge in [0.15, 0.2) is 17.3 Å². The first-order valence-electron chi connectivity index (χ1n) is 7.82. The summed E-state index contributed by atoms with van der Waals surface area (Å²) in [5, 5.41) is 9.61. The van der Waals surface area contributed by atoms with Crippen LogP contribution in [0.2, 0.25) is 0 Å². The Kier molecular flexibility index (Phi) is 5.57. The van der Waals surface area contributed by atoms with E-state index in [1.54, 1.807) is 6.92 Å². The number of nitrogens with two attached hydrogens (primary N) is 1. The van der Waals surface area contributed by atoms with Gasteiger partial charge in [0, 0.05) is 18.8 Å². The number of hydrogen-bond acceptors (Lipinski definition) is 8. The maximum absolute atomic E-state index is 14.4. The summed E-state index contributed by atoms with van der Waals surface area (Å²) in [6, 6.07) is 1.34. The second kappa shape index (κ2) is 7.76. The van der Waals surface area contributed by atoms with Crippen LogP contribution in [0.15, 0.2) is 21.6 Å². The monoisotopic (exact) mass is 468 g/mol. The highest BCUT2D eigenvalue weighted by Crippen LogP contribution is 2.40. The highest BCUT2D eigenvalue weighted by molar-refractivity contribution is 9.10. The van der Waals surface area contributed by atoms with Gasteiger partial charge >= 0.3 is 0 Å². The first kappa shape index (κ1) is 20.1. The lowest BCUT2D eigenvalue weighted by Gasteiger charge is -2.12. The van der Waals surface area contributed by atoms with Gasteiger partial charge in [-0.25, -0.2) is 14.4 Å². The summed E-state index contributed by atoms with van der Waals surface area (Å²) in [5.74, 6) is -1.63. The lowest BCUT2D eigenvalue weighted by atomic mass is 10.1. The molecule has 0 spiro atoms. The predicted octanol–water partition coefficient (Wildman–Crippen LogP) is 3.22. The van der Waals surface area contributed by atoms with Crippen LogP contribution in [-0.4, -0.2) is 38.2 Å². The summed E-state index contributed by atoms with van der Waals surface area (Å²) in [4.78, 5) is 32.8. The molecule has 3 N–H and O–H groups in total. The summed E-state index contributed by atoms with van der Waals surface area (Å²) in [5.41, 5.74) is 6.48. The number of imide groups is 1. The summed E-state index contributed by atoms with van der Waals surface area (Å²) in [6.07, 6.45) is 2.82. The minimum Gasteiger partial charge on any atom is -0.502 e. The molecule has 2 heterocycles. The maximum Gasteiger partial charge on any atom is 0.293 e. The van der Waals surface area contributed by atoms with Crippen LogP contribution in [0.4, 0.5) is 15.0 Å². The molecule has 0 atom stereocenters. The number of rotatable bonds is 4. The molecule has 1 saturated heterocycles. The lowest BCUT2D eigenvalue weighted by Crippen LogP contribution is -2.22. The van der Waals surface area contributed by atoms with Crippen molar-refractivity contribution in [2.45, 2.75) is 13.5 Å². The van der Waals surface area contributed by atoms with Crippen molar-refractivity contribution in [2.24, 2.45) is 0 Å². The third-order valence-corrected chi connectivity index (χ3v) is 5.62. The Morgan fingerprint density at radius 2 is 2.18 bits per heavy atom. The van der Waals surface area contributed by atoms with Gasteiger partial charge < -0.3 is 15.6 Å². The average Bonchev–Trinajstić information content (AvgIpc) is 2.89. The number of benzene rings is 1. The Balaban J connectivity index is 1.93. The van der Waals surface area contributed by atoms with Crippen LogP contribution in [0.25, 0.3) is 6.08 Å². The molecule has 1 aliphatic heterocycles. The number of nitrogens with zero attached hydrogens (tertiary/aromatic N) is 3. The van der Waals surface area contributed by atoms with E-state index in [0.717, 1.165) is 16.7 Å². The fraction of sp³-hybridized carbons (Fsp3) is 0.176. The number of halogens is 2. The van der Waals surface area contributed by atoms with Gasteiger partial charge in [0.25, 0.3) is 11.1 Å². The minimum atomic E-state index is -0.965. The van der Waals surface area contributed by atoms with Crippen molar-refractivity contribution in [3.63, 3.8) is 0 Å². The van der Waals surface area contributed by atoms with E-state index in [1.165, 1.54) is 25.4 Å². The van der Waals surface area contributed by atoms with Crippen LogP contribution in [-0.2, 0) is 11.4 Å². The SMILES string of the molecule is Cc1ncc(COc2cc(/C=C3\SC(=O)N(C)C3=O)c(Br)c(F)c2O)c(N)n1. The van der Waals surface area contributed by atoms with Crippen LogP contribution in [0, 0.1) is 12.7 Å². The summed E-state index contributed by atoms with van der Waals surface area (Å²) >= 11 is 3.78. The molecule has 146 valence electrons. The van der Waals surface area contributed by atoms with E-state index in [0.29, 0.717) is 11.4 Å². The lowest BCUT2D eigenvalue weighted by molar-refractivity contribution is -0.121. The zero-order chi connectivity index (χ0) is 20.6. The van der Waals surface area contributed by atoms with Crippen LogP contribution < -0.4 is 10.5 Å². The average molecular weight is 469 g/mol. The predicted molar refractivity (Wildman–Crippen MR) is 105 cm³/mol. The zero-order valence-electron chi connectivity index (χ0n) is 14.7. The van der Waals surface area contributed by atoms with E-state index in [2.05, 4.69) is 25.9 Å². The maximum atomic E-state index is 14.4. The first-order chi connectivity index (χ1) is 13.2.